The molecule has 3 rings (SSSR count). The number of carbonyl (C=O) groups is 2. The Kier molecular flexibility index (Phi) is 4.93. The largest absolute Gasteiger partial charge is 0.445 e. The van der Waals surface area contributed by atoms with Crippen LogP contribution in [0.2, 0.25) is 0 Å². The van der Waals surface area contributed by atoms with E-state index in [-0.39, 0.29) is 18.6 Å². The van der Waals surface area contributed by atoms with Gasteiger partial charge in [0, 0.05) is 24.8 Å². The zero-order valence-electron chi connectivity index (χ0n) is 12.9. The van der Waals surface area contributed by atoms with E-state index in [0.717, 1.165) is 11.8 Å². The molecule has 1 heterocycles. The molecule has 1 spiro atoms. The van der Waals surface area contributed by atoms with Gasteiger partial charge in [0.2, 0.25) is 0 Å². The van der Waals surface area contributed by atoms with Crippen LogP contribution in [0.25, 0.3) is 0 Å². The van der Waals surface area contributed by atoms with Crippen LogP contribution >= 0.6 is 0 Å². The molecule has 1 aliphatic carbocycles. The summed E-state index contributed by atoms with van der Waals surface area (Å²) in [6.45, 7) is 1.30. The molecule has 0 bridgehead atoms. The number of benzene rings is 1. The van der Waals surface area contributed by atoms with E-state index in [0.29, 0.717) is 32.5 Å². The topological polar surface area (TPSA) is 73.9 Å². The third kappa shape index (κ3) is 3.89. The first-order valence-electron chi connectivity index (χ1n) is 7.91. The first-order valence-corrected chi connectivity index (χ1v) is 7.91. The van der Waals surface area contributed by atoms with Gasteiger partial charge in [0.25, 0.3) is 0 Å². The van der Waals surface area contributed by atoms with Crippen molar-refractivity contribution in [3.8, 4) is 0 Å². The van der Waals surface area contributed by atoms with Crippen LogP contribution in [0.4, 0.5) is 4.79 Å². The van der Waals surface area contributed by atoms with Gasteiger partial charge in [-0.05, 0) is 12.0 Å². The van der Waals surface area contributed by atoms with Gasteiger partial charge in [-0.1, -0.05) is 30.3 Å². The van der Waals surface area contributed by atoms with Crippen LogP contribution in [-0.4, -0.2) is 37.4 Å². The van der Waals surface area contributed by atoms with Crippen LogP contribution < -0.4 is 5.32 Å². The molecular formula is C17H21NO5. The molecule has 1 saturated heterocycles. The van der Waals surface area contributed by atoms with E-state index in [4.69, 9.17) is 14.2 Å². The molecule has 1 N–H and O–H groups in total. The third-order valence-electron chi connectivity index (χ3n) is 4.41. The van der Waals surface area contributed by atoms with Crippen molar-refractivity contribution in [1.82, 2.24) is 5.32 Å². The predicted octanol–water partition coefficient (Wildman–Crippen LogP) is 2.02. The maximum absolute atomic E-state index is 12.0. The molecule has 0 radical (unpaired) electrons. The molecule has 6 nitrogen and oxygen atoms in total. The van der Waals surface area contributed by atoms with Crippen molar-refractivity contribution < 1.29 is 23.8 Å². The number of hydrogen-bond donors (Lipinski definition) is 1. The third-order valence-corrected chi connectivity index (χ3v) is 4.41. The summed E-state index contributed by atoms with van der Waals surface area (Å²) in [4.78, 5) is 23.3. The summed E-state index contributed by atoms with van der Waals surface area (Å²) in [7, 11) is 0. The summed E-state index contributed by atoms with van der Waals surface area (Å²) in [6, 6.07) is 9.12. The van der Waals surface area contributed by atoms with E-state index in [2.05, 4.69) is 5.32 Å². The SMILES string of the molecule is O=CC1CCC2(CC1NC(=O)OCc1ccccc1)OCCO2. The van der Waals surface area contributed by atoms with Gasteiger partial charge in [-0.15, -0.1) is 0 Å². The van der Waals surface area contributed by atoms with Crippen LogP contribution in [0.3, 0.4) is 0 Å². The Labute approximate surface area is 135 Å². The second kappa shape index (κ2) is 7.10. The minimum Gasteiger partial charge on any atom is -0.445 e. The normalized spacial score (nSPS) is 25.9. The van der Waals surface area contributed by atoms with E-state index < -0.39 is 11.9 Å². The minimum atomic E-state index is -0.656. The molecule has 2 atom stereocenters. The zero-order chi connectivity index (χ0) is 16.1. The highest BCUT2D eigenvalue weighted by atomic mass is 16.7. The Hall–Kier alpha value is -1.92. The van der Waals surface area contributed by atoms with Crippen molar-refractivity contribution in [2.45, 2.75) is 37.7 Å². The number of alkyl carbamates (subject to hydrolysis) is 1. The van der Waals surface area contributed by atoms with Crippen LogP contribution in [0.5, 0.6) is 0 Å². The monoisotopic (exact) mass is 319 g/mol. The Morgan fingerprint density at radius 2 is 2.04 bits per heavy atom. The second-order valence-corrected chi connectivity index (χ2v) is 5.96. The summed E-state index contributed by atoms with van der Waals surface area (Å²) < 4.78 is 16.6. The maximum Gasteiger partial charge on any atom is 0.407 e. The molecule has 1 amide bonds. The first kappa shape index (κ1) is 16.0. The lowest BCUT2D eigenvalue weighted by atomic mass is 9.81. The molecule has 1 saturated carbocycles. The molecule has 124 valence electrons. The standard InChI is InChI=1S/C17H21NO5/c19-11-14-6-7-17(22-8-9-23-17)10-15(14)18-16(20)21-12-13-4-2-1-3-5-13/h1-5,11,14-15H,6-10,12H2,(H,18,20). The van der Waals surface area contributed by atoms with Gasteiger partial charge in [-0.3, -0.25) is 0 Å². The minimum absolute atomic E-state index is 0.198. The molecule has 2 aliphatic rings. The number of rotatable bonds is 4. The lowest BCUT2D eigenvalue weighted by Crippen LogP contribution is -2.51. The highest BCUT2D eigenvalue weighted by Crippen LogP contribution is 2.37. The highest BCUT2D eigenvalue weighted by molar-refractivity contribution is 5.69. The highest BCUT2D eigenvalue weighted by Gasteiger charge is 2.45. The lowest BCUT2D eigenvalue weighted by molar-refractivity contribution is -0.187. The van der Waals surface area contributed by atoms with Gasteiger partial charge in [0.15, 0.2) is 5.79 Å². The number of amides is 1. The lowest BCUT2D eigenvalue weighted by Gasteiger charge is -2.39. The summed E-state index contributed by atoms with van der Waals surface area (Å²) >= 11 is 0. The molecular weight excluding hydrogens is 298 g/mol. The summed E-state index contributed by atoms with van der Waals surface area (Å²) in [6.07, 6.45) is 2.14. The molecule has 2 fully saturated rings. The second-order valence-electron chi connectivity index (χ2n) is 5.96. The molecule has 6 heteroatoms. The fourth-order valence-corrected chi connectivity index (χ4v) is 3.17. The van der Waals surface area contributed by atoms with Crippen molar-refractivity contribution in [3.05, 3.63) is 35.9 Å². The Balaban J connectivity index is 1.55. The fourth-order valence-electron chi connectivity index (χ4n) is 3.17. The van der Waals surface area contributed by atoms with Crippen molar-refractivity contribution in [2.75, 3.05) is 13.2 Å². The molecule has 1 aliphatic heterocycles. The Morgan fingerprint density at radius 3 is 2.74 bits per heavy atom. The Morgan fingerprint density at radius 1 is 1.30 bits per heavy atom. The van der Waals surface area contributed by atoms with Gasteiger partial charge in [-0.25, -0.2) is 4.79 Å². The molecule has 2 unspecified atom stereocenters. The average molecular weight is 319 g/mol. The van der Waals surface area contributed by atoms with E-state index in [1.165, 1.54) is 0 Å². The number of aldehydes is 1. The van der Waals surface area contributed by atoms with Crippen LogP contribution in [0.15, 0.2) is 30.3 Å². The smallest absolute Gasteiger partial charge is 0.407 e. The first-order chi connectivity index (χ1) is 11.2. The van der Waals surface area contributed by atoms with Gasteiger partial charge < -0.3 is 24.3 Å². The summed E-state index contributed by atoms with van der Waals surface area (Å²) in [5, 5.41) is 2.79. The van der Waals surface area contributed by atoms with E-state index in [1.807, 2.05) is 30.3 Å². The average Bonchev–Trinajstić information content (AvgIpc) is 3.02. The summed E-state index contributed by atoms with van der Waals surface area (Å²) in [5.41, 5.74) is 0.914. The van der Waals surface area contributed by atoms with Crippen molar-refractivity contribution in [3.63, 3.8) is 0 Å². The quantitative estimate of drug-likeness (QED) is 0.860. The maximum atomic E-state index is 12.0. The fraction of sp³-hybridized carbons (Fsp3) is 0.529. The molecule has 1 aromatic carbocycles. The van der Waals surface area contributed by atoms with Gasteiger partial charge in [0.1, 0.15) is 12.9 Å². The van der Waals surface area contributed by atoms with Crippen LogP contribution in [0.1, 0.15) is 24.8 Å². The van der Waals surface area contributed by atoms with Gasteiger partial charge in [0.05, 0.1) is 13.2 Å². The van der Waals surface area contributed by atoms with Gasteiger partial charge >= 0.3 is 6.09 Å². The van der Waals surface area contributed by atoms with Crippen molar-refractivity contribution >= 4 is 12.4 Å². The number of ether oxygens (including phenoxy) is 3. The van der Waals surface area contributed by atoms with Gasteiger partial charge in [-0.2, -0.15) is 0 Å². The number of hydrogen-bond acceptors (Lipinski definition) is 5. The van der Waals surface area contributed by atoms with Crippen LogP contribution in [0, 0.1) is 5.92 Å². The van der Waals surface area contributed by atoms with E-state index in [9.17, 15) is 9.59 Å². The zero-order valence-corrected chi connectivity index (χ0v) is 12.9. The molecule has 23 heavy (non-hydrogen) atoms. The Bertz CT molecular complexity index is 541. The van der Waals surface area contributed by atoms with E-state index >= 15 is 0 Å². The van der Waals surface area contributed by atoms with E-state index in [1.54, 1.807) is 0 Å². The van der Waals surface area contributed by atoms with Crippen LogP contribution in [-0.2, 0) is 25.6 Å². The number of nitrogens with one attached hydrogen (secondary N) is 1. The molecule has 1 aromatic rings. The predicted molar refractivity (Wildman–Crippen MR) is 81.6 cm³/mol. The number of carbonyl (C=O) groups excluding carboxylic acids is 2. The molecule has 0 aromatic heterocycles. The van der Waals surface area contributed by atoms with Crippen molar-refractivity contribution in [2.24, 2.45) is 5.92 Å². The summed E-state index contributed by atoms with van der Waals surface area (Å²) in [5.74, 6) is -0.894. The van der Waals surface area contributed by atoms with Crippen molar-refractivity contribution in [1.29, 1.82) is 0 Å².